The number of rotatable bonds is 2. The molecule has 0 spiro atoms. The van der Waals surface area contributed by atoms with Gasteiger partial charge in [0.2, 0.25) is 0 Å². The van der Waals surface area contributed by atoms with Gasteiger partial charge in [-0.05, 0) is 24.3 Å². The number of para-hydroxylation sites is 2. The molecule has 0 saturated carbocycles. The van der Waals surface area contributed by atoms with Crippen molar-refractivity contribution >= 4 is 32.5 Å². The SMILES string of the molecule is c1ccc(-c2ccc3cccc(-c4nc5ccccc5s4)c3n2)cc1. The van der Waals surface area contributed by atoms with Gasteiger partial charge in [-0.25, -0.2) is 9.97 Å². The first-order valence-electron chi connectivity index (χ1n) is 8.20. The van der Waals surface area contributed by atoms with E-state index in [0.29, 0.717) is 0 Å². The average Bonchev–Trinajstić information content (AvgIpc) is 3.12. The number of nitrogens with zero attached hydrogens (tertiary/aromatic N) is 2. The highest BCUT2D eigenvalue weighted by molar-refractivity contribution is 7.21. The van der Waals surface area contributed by atoms with E-state index in [9.17, 15) is 0 Å². The van der Waals surface area contributed by atoms with Gasteiger partial charge in [-0.15, -0.1) is 11.3 Å². The number of aromatic nitrogens is 2. The van der Waals surface area contributed by atoms with Crippen molar-refractivity contribution in [2.24, 2.45) is 0 Å². The molecule has 0 bridgehead atoms. The molecule has 0 unspecified atom stereocenters. The summed E-state index contributed by atoms with van der Waals surface area (Å²) >= 11 is 1.72. The summed E-state index contributed by atoms with van der Waals surface area (Å²) in [5.74, 6) is 0. The lowest BCUT2D eigenvalue weighted by Crippen LogP contribution is -1.88. The van der Waals surface area contributed by atoms with Gasteiger partial charge in [0, 0.05) is 16.5 Å². The molecule has 25 heavy (non-hydrogen) atoms. The summed E-state index contributed by atoms with van der Waals surface area (Å²) in [7, 11) is 0. The van der Waals surface area contributed by atoms with Crippen LogP contribution >= 0.6 is 11.3 Å². The van der Waals surface area contributed by atoms with Gasteiger partial charge < -0.3 is 0 Å². The van der Waals surface area contributed by atoms with Crippen LogP contribution in [0.15, 0.2) is 84.9 Å². The Morgan fingerprint density at radius 1 is 0.640 bits per heavy atom. The highest BCUT2D eigenvalue weighted by Gasteiger charge is 2.11. The quantitative estimate of drug-likeness (QED) is 0.384. The molecule has 3 heteroatoms. The zero-order chi connectivity index (χ0) is 16.6. The zero-order valence-corrected chi connectivity index (χ0v) is 14.2. The first kappa shape index (κ1) is 14.3. The molecule has 0 aliphatic rings. The van der Waals surface area contributed by atoms with Crippen molar-refractivity contribution in [3.8, 4) is 21.8 Å². The predicted octanol–water partition coefficient (Wildman–Crippen LogP) is 6.18. The summed E-state index contributed by atoms with van der Waals surface area (Å²) in [4.78, 5) is 9.77. The van der Waals surface area contributed by atoms with E-state index in [4.69, 9.17) is 9.97 Å². The van der Waals surface area contributed by atoms with Crippen LogP contribution < -0.4 is 0 Å². The Bertz CT molecular complexity index is 1160. The molecule has 0 fully saturated rings. The van der Waals surface area contributed by atoms with Crippen molar-refractivity contribution in [2.75, 3.05) is 0 Å². The molecule has 118 valence electrons. The standard InChI is InChI=1S/C22H14N2S/c1-2-7-15(8-3-1)18-14-13-16-9-6-10-17(21(16)23-18)22-24-19-11-4-5-12-20(19)25-22/h1-14H. The molecule has 0 aliphatic carbocycles. The summed E-state index contributed by atoms with van der Waals surface area (Å²) in [6, 6.07) is 29.1. The van der Waals surface area contributed by atoms with Crippen LogP contribution in [0.3, 0.4) is 0 Å². The van der Waals surface area contributed by atoms with Crippen LogP contribution in [0.5, 0.6) is 0 Å². The molecule has 0 aliphatic heterocycles. The maximum Gasteiger partial charge on any atom is 0.126 e. The number of pyridine rings is 1. The fourth-order valence-corrected chi connectivity index (χ4v) is 4.07. The summed E-state index contributed by atoms with van der Waals surface area (Å²) in [5.41, 5.74) is 5.25. The van der Waals surface area contributed by atoms with Crippen LogP contribution in [0.4, 0.5) is 0 Å². The second-order valence-electron chi connectivity index (χ2n) is 5.93. The topological polar surface area (TPSA) is 25.8 Å². The number of hydrogen-bond donors (Lipinski definition) is 0. The van der Waals surface area contributed by atoms with Gasteiger partial charge in [0.1, 0.15) is 5.01 Å². The van der Waals surface area contributed by atoms with Crippen LogP contribution in [0.1, 0.15) is 0 Å². The van der Waals surface area contributed by atoms with Gasteiger partial charge in [-0.2, -0.15) is 0 Å². The summed E-state index contributed by atoms with van der Waals surface area (Å²) in [6.45, 7) is 0. The molecule has 2 aromatic heterocycles. The minimum Gasteiger partial charge on any atom is -0.247 e. The van der Waals surface area contributed by atoms with Crippen molar-refractivity contribution in [1.29, 1.82) is 0 Å². The zero-order valence-electron chi connectivity index (χ0n) is 13.4. The highest BCUT2D eigenvalue weighted by Crippen LogP contribution is 2.34. The predicted molar refractivity (Wildman–Crippen MR) is 106 cm³/mol. The highest BCUT2D eigenvalue weighted by atomic mass is 32.1. The van der Waals surface area contributed by atoms with Crippen molar-refractivity contribution in [3.63, 3.8) is 0 Å². The van der Waals surface area contributed by atoms with Crippen molar-refractivity contribution < 1.29 is 0 Å². The normalized spacial score (nSPS) is 11.2. The summed E-state index contributed by atoms with van der Waals surface area (Å²) in [5, 5.41) is 2.15. The van der Waals surface area contributed by atoms with E-state index in [-0.39, 0.29) is 0 Å². The Labute approximate surface area is 149 Å². The lowest BCUT2D eigenvalue weighted by Gasteiger charge is -2.06. The number of fused-ring (bicyclic) bond motifs is 2. The third-order valence-electron chi connectivity index (χ3n) is 4.31. The molecule has 0 radical (unpaired) electrons. The van der Waals surface area contributed by atoms with Gasteiger partial charge in [0.05, 0.1) is 21.4 Å². The first-order valence-corrected chi connectivity index (χ1v) is 9.01. The van der Waals surface area contributed by atoms with Gasteiger partial charge in [0.15, 0.2) is 0 Å². The molecule has 0 N–H and O–H groups in total. The lowest BCUT2D eigenvalue weighted by molar-refractivity contribution is 1.39. The van der Waals surface area contributed by atoms with Gasteiger partial charge in [-0.3, -0.25) is 0 Å². The Balaban J connectivity index is 1.75. The van der Waals surface area contributed by atoms with Crippen molar-refractivity contribution in [1.82, 2.24) is 9.97 Å². The molecular formula is C22H14N2S. The molecule has 2 heterocycles. The second kappa shape index (κ2) is 5.80. The lowest BCUT2D eigenvalue weighted by atomic mass is 10.1. The van der Waals surface area contributed by atoms with Crippen molar-refractivity contribution in [2.45, 2.75) is 0 Å². The number of thiazole rings is 1. The average molecular weight is 338 g/mol. The van der Waals surface area contributed by atoms with Crippen LogP contribution in [0, 0.1) is 0 Å². The smallest absolute Gasteiger partial charge is 0.126 e. The second-order valence-corrected chi connectivity index (χ2v) is 6.96. The van der Waals surface area contributed by atoms with Crippen LogP contribution in [0.2, 0.25) is 0 Å². The molecule has 3 aromatic carbocycles. The van der Waals surface area contributed by atoms with Crippen LogP contribution in [-0.2, 0) is 0 Å². The van der Waals surface area contributed by atoms with E-state index >= 15 is 0 Å². The maximum atomic E-state index is 4.96. The minimum absolute atomic E-state index is 0.988. The van der Waals surface area contributed by atoms with E-state index in [1.807, 2.05) is 24.3 Å². The molecule has 0 amide bonds. The van der Waals surface area contributed by atoms with Gasteiger partial charge in [-0.1, -0.05) is 60.7 Å². The Kier molecular flexibility index (Phi) is 3.32. The van der Waals surface area contributed by atoms with Crippen molar-refractivity contribution in [3.05, 3.63) is 84.9 Å². The van der Waals surface area contributed by atoms with E-state index < -0.39 is 0 Å². The fourth-order valence-electron chi connectivity index (χ4n) is 3.08. The maximum absolute atomic E-state index is 4.96. The van der Waals surface area contributed by atoms with Gasteiger partial charge >= 0.3 is 0 Å². The minimum atomic E-state index is 0.988. The largest absolute Gasteiger partial charge is 0.247 e. The van der Waals surface area contributed by atoms with E-state index in [2.05, 4.69) is 60.7 Å². The Hall–Kier alpha value is -3.04. The summed E-state index contributed by atoms with van der Waals surface area (Å²) in [6.07, 6.45) is 0. The number of hydrogen-bond acceptors (Lipinski definition) is 3. The fraction of sp³-hybridized carbons (Fsp3) is 0. The van der Waals surface area contributed by atoms with Gasteiger partial charge in [0.25, 0.3) is 0 Å². The van der Waals surface area contributed by atoms with Crippen LogP contribution in [-0.4, -0.2) is 9.97 Å². The summed E-state index contributed by atoms with van der Waals surface area (Å²) < 4.78 is 1.20. The monoisotopic (exact) mass is 338 g/mol. The molecule has 5 aromatic rings. The molecule has 5 rings (SSSR count). The molecule has 0 atom stereocenters. The molecule has 0 saturated heterocycles. The third kappa shape index (κ3) is 2.49. The third-order valence-corrected chi connectivity index (χ3v) is 5.38. The van der Waals surface area contributed by atoms with E-state index in [0.717, 1.165) is 38.2 Å². The van der Waals surface area contributed by atoms with E-state index in [1.165, 1.54) is 4.70 Å². The first-order chi connectivity index (χ1) is 12.4. The Morgan fingerprint density at radius 3 is 2.36 bits per heavy atom. The Morgan fingerprint density at radius 2 is 1.48 bits per heavy atom. The van der Waals surface area contributed by atoms with Crippen LogP contribution in [0.25, 0.3) is 42.9 Å². The molecule has 2 nitrogen and oxygen atoms in total. The number of benzene rings is 3. The molecular weight excluding hydrogens is 324 g/mol. The van der Waals surface area contributed by atoms with E-state index in [1.54, 1.807) is 11.3 Å².